The predicted molar refractivity (Wildman–Crippen MR) is 57.0 cm³/mol. The van der Waals surface area contributed by atoms with E-state index in [1.165, 1.54) is 4.90 Å². The molecule has 0 unspecified atom stereocenters. The summed E-state index contributed by atoms with van der Waals surface area (Å²) in [5, 5.41) is 0. The van der Waals surface area contributed by atoms with Gasteiger partial charge in [0.1, 0.15) is 0 Å². The molecule has 0 aliphatic rings. The second kappa shape index (κ2) is 4.48. The van der Waals surface area contributed by atoms with Gasteiger partial charge in [0, 0.05) is 12.6 Å². The minimum atomic E-state index is -0.0268. The molecule has 1 rings (SSSR count). The zero-order chi connectivity index (χ0) is 10.6. The average molecular weight is 187 g/mol. The van der Waals surface area contributed by atoms with E-state index in [0.29, 0.717) is 12.1 Å². The molecular formula is C12H13NO. The fraction of sp³-hybridized carbons (Fsp3) is 0.250. The van der Waals surface area contributed by atoms with Crippen LogP contribution >= 0.6 is 0 Å². The zero-order valence-electron chi connectivity index (χ0n) is 8.45. The summed E-state index contributed by atoms with van der Waals surface area (Å²) in [6.07, 6.45) is 5.14. The SMILES string of the molecule is C#CCN(C)C(=O)c1ccccc1C. The molecule has 0 fully saturated rings. The summed E-state index contributed by atoms with van der Waals surface area (Å²) >= 11 is 0. The highest BCUT2D eigenvalue weighted by Gasteiger charge is 2.11. The number of carbonyl (C=O) groups excluding carboxylic acids is 1. The predicted octanol–water partition coefficient (Wildman–Crippen LogP) is 1.70. The summed E-state index contributed by atoms with van der Waals surface area (Å²) in [6, 6.07) is 7.48. The second-order valence-electron chi connectivity index (χ2n) is 3.18. The van der Waals surface area contributed by atoms with E-state index in [1.54, 1.807) is 7.05 Å². The number of nitrogens with zero attached hydrogens (tertiary/aromatic N) is 1. The Morgan fingerprint density at radius 2 is 2.14 bits per heavy atom. The summed E-state index contributed by atoms with van der Waals surface area (Å²) in [6.45, 7) is 2.25. The number of aryl methyl sites for hydroxylation is 1. The van der Waals surface area contributed by atoms with Gasteiger partial charge in [0.2, 0.25) is 0 Å². The van der Waals surface area contributed by atoms with Crippen LogP contribution in [0.1, 0.15) is 15.9 Å². The zero-order valence-corrected chi connectivity index (χ0v) is 8.45. The van der Waals surface area contributed by atoms with Gasteiger partial charge in [0.05, 0.1) is 6.54 Å². The van der Waals surface area contributed by atoms with Gasteiger partial charge in [0.25, 0.3) is 5.91 Å². The van der Waals surface area contributed by atoms with Crippen molar-refractivity contribution in [3.8, 4) is 12.3 Å². The first-order valence-electron chi connectivity index (χ1n) is 4.41. The molecule has 0 spiro atoms. The Labute approximate surface area is 84.5 Å². The van der Waals surface area contributed by atoms with E-state index < -0.39 is 0 Å². The molecular weight excluding hydrogens is 174 g/mol. The van der Waals surface area contributed by atoms with Gasteiger partial charge in [-0.1, -0.05) is 24.1 Å². The lowest BCUT2D eigenvalue weighted by atomic mass is 10.1. The lowest BCUT2D eigenvalue weighted by molar-refractivity contribution is 0.0812. The van der Waals surface area contributed by atoms with Crippen LogP contribution in [-0.4, -0.2) is 24.4 Å². The van der Waals surface area contributed by atoms with Crippen LogP contribution < -0.4 is 0 Å². The molecule has 2 nitrogen and oxygen atoms in total. The molecule has 0 heterocycles. The van der Waals surface area contributed by atoms with E-state index in [4.69, 9.17) is 6.42 Å². The highest BCUT2D eigenvalue weighted by Crippen LogP contribution is 2.09. The Balaban J connectivity index is 2.91. The summed E-state index contributed by atoms with van der Waals surface area (Å²) in [5.41, 5.74) is 1.69. The third-order valence-electron chi connectivity index (χ3n) is 2.05. The van der Waals surface area contributed by atoms with E-state index >= 15 is 0 Å². The van der Waals surface area contributed by atoms with Crippen molar-refractivity contribution in [1.82, 2.24) is 4.90 Å². The first kappa shape index (κ1) is 10.3. The molecule has 0 saturated heterocycles. The van der Waals surface area contributed by atoms with E-state index in [0.717, 1.165) is 5.56 Å². The molecule has 0 N–H and O–H groups in total. The third-order valence-corrected chi connectivity index (χ3v) is 2.05. The standard InChI is InChI=1S/C12H13NO/c1-4-9-13(3)12(14)11-8-6-5-7-10(11)2/h1,5-8H,9H2,2-3H3. The number of terminal acetylenes is 1. The highest BCUT2D eigenvalue weighted by atomic mass is 16.2. The van der Waals surface area contributed by atoms with E-state index in [2.05, 4.69) is 5.92 Å². The largest absolute Gasteiger partial charge is 0.331 e. The summed E-state index contributed by atoms with van der Waals surface area (Å²) in [5.74, 6) is 2.42. The van der Waals surface area contributed by atoms with Crippen LogP contribution in [0.3, 0.4) is 0 Å². The van der Waals surface area contributed by atoms with Crippen molar-refractivity contribution < 1.29 is 4.79 Å². The number of hydrogen-bond donors (Lipinski definition) is 0. The molecule has 1 amide bonds. The van der Waals surface area contributed by atoms with Crippen LogP contribution in [0.15, 0.2) is 24.3 Å². The molecule has 0 bridgehead atoms. The average Bonchev–Trinajstić information content (AvgIpc) is 2.18. The molecule has 0 radical (unpaired) electrons. The molecule has 14 heavy (non-hydrogen) atoms. The van der Waals surface area contributed by atoms with Crippen molar-refractivity contribution >= 4 is 5.91 Å². The number of rotatable bonds is 2. The van der Waals surface area contributed by atoms with E-state index in [9.17, 15) is 4.79 Å². The van der Waals surface area contributed by atoms with Crippen LogP contribution in [0, 0.1) is 19.3 Å². The maximum absolute atomic E-state index is 11.8. The van der Waals surface area contributed by atoms with Crippen molar-refractivity contribution in [1.29, 1.82) is 0 Å². The van der Waals surface area contributed by atoms with E-state index in [-0.39, 0.29) is 5.91 Å². The number of hydrogen-bond acceptors (Lipinski definition) is 1. The highest BCUT2D eigenvalue weighted by molar-refractivity contribution is 5.95. The third kappa shape index (κ3) is 2.14. The molecule has 0 aromatic heterocycles. The van der Waals surface area contributed by atoms with Crippen LogP contribution in [0.2, 0.25) is 0 Å². The monoisotopic (exact) mass is 187 g/mol. The fourth-order valence-corrected chi connectivity index (χ4v) is 1.23. The first-order valence-corrected chi connectivity index (χ1v) is 4.41. The fourth-order valence-electron chi connectivity index (χ4n) is 1.23. The lowest BCUT2D eigenvalue weighted by Crippen LogP contribution is -2.27. The summed E-state index contributed by atoms with van der Waals surface area (Å²) < 4.78 is 0. The first-order chi connectivity index (χ1) is 6.66. The molecule has 0 aliphatic heterocycles. The Hall–Kier alpha value is -1.75. The smallest absolute Gasteiger partial charge is 0.254 e. The van der Waals surface area contributed by atoms with Gasteiger partial charge < -0.3 is 4.90 Å². The number of carbonyl (C=O) groups is 1. The normalized spacial score (nSPS) is 9.21. The molecule has 72 valence electrons. The Bertz CT molecular complexity index is 376. The molecule has 1 aromatic rings. The minimum absolute atomic E-state index is 0.0268. The van der Waals surface area contributed by atoms with Crippen molar-refractivity contribution in [2.45, 2.75) is 6.92 Å². The maximum Gasteiger partial charge on any atom is 0.254 e. The topological polar surface area (TPSA) is 20.3 Å². The Kier molecular flexibility index (Phi) is 3.30. The number of amides is 1. The molecule has 0 saturated carbocycles. The van der Waals surface area contributed by atoms with Gasteiger partial charge in [-0.05, 0) is 18.6 Å². The molecule has 1 aromatic carbocycles. The van der Waals surface area contributed by atoms with Crippen LogP contribution in [0.25, 0.3) is 0 Å². The van der Waals surface area contributed by atoms with Crippen molar-refractivity contribution in [2.24, 2.45) is 0 Å². The Morgan fingerprint density at radius 3 is 2.71 bits per heavy atom. The number of benzene rings is 1. The van der Waals surface area contributed by atoms with Crippen molar-refractivity contribution in [3.63, 3.8) is 0 Å². The molecule has 0 atom stereocenters. The summed E-state index contributed by atoms with van der Waals surface area (Å²) in [4.78, 5) is 13.3. The minimum Gasteiger partial charge on any atom is -0.331 e. The molecule has 2 heteroatoms. The van der Waals surface area contributed by atoms with Gasteiger partial charge in [-0.25, -0.2) is 0 Å². The molecule has 0 aliphatic carbocycles. The van der Waals surface area contributed by atoms with Gasteiger partial charge in [-0.3, -0.25) is 4.79 Å². The van der Waals surface area contributed by atoms with Gasteiger partial charge in [0.15, 0.2) is 0 Å². The lowest BCUT2D eigenvalue weighted by Gasteiger charge is -2.14. The second-order valence-corrected chi connectivity index (χ2v) is 3.18. The van der Waals surface area contributed by atoms with Gasteiger partial charge in [-0.15, -0.1) is 6.42 Å². The van der Waals surface area contributed by atoms with Gasteiger partial charge in [-0.2, -0.15) is 0 Å². The van der Waals surface area contributed by atoms with Crippen molar-refractivity contribution in [3.05, 3.63) is 35.4 Å². The van der Waals surface area contributed by atoms with Crippen LogP contribution in [-0.2, 0) is 0 Å². The Morgan fingerprint density at radius 1 is 1.50 bits per heavy atom. The quantitative estimate of drug-likeness (QED) is 0.645. The van der Waals surface area contributed by atoms with Crippen LogP contribution in [0.4, 0.5) is 0 Å². The van der Waals surface area contributed by atoms with Gasteiger partial charge >= 0.3 is 0 Å². The maximum atomic E-state index is 11.8. The summed E-state index contributed by atoms with van der Waals surface area (Å²) in [7, 11) is 1.70. The van der Waals surface area contributed by atoms with E-state index in [1.807, 2.05) is 31.2 Å². The van der Waals surface area contributed by atoms with Crippen LogP contribution in [0.5, 0.6) is 0 Å². The van der Waals surface area contributed by atoms with Crippen molar-refractivity contribution in [2.75, 3.05) is 13.6 Å².